The van der Waals surface area contributed by atoms with Crippen LogP contribution in [0.2, 0.25) is 0 Å². The molecule has 0 unspecified atom stereocenters. The summed E-state index contributed by atoms with van der Waals surface area (Å²) in [5, 5.41) is 2.61. The lowest BCUT2D eigenvalue weighted by molar-refractivity contribution is -0.129. The first kappa shape index (κ1) is 15.3. The normalized spacial score (nSPS) is 21.0. The second-order valence-electron chi connectivity index (χ2n) is 5.06. The molecular weight excluding hydrogens is 264 g/mol. The third-order valence-corrected chi connectivity index (χ3v) is 3.84. The summed E-state index contributed by atoms with van der Waals surface area (Å²) in [5.41, 5.74) is 4.42. The largest absolute Gasteiger partial charge is 0.343 e. The fraction of sp³-hybridized carbons (Fsp3) is 0.412. The SMILES string of the molecule is CC.CC1=C2CCN3C(=O)CNC(=O)C=C3C(=CC=C1)C2. The second-order valence-corrected chi connectivity index (χ2v) is 5.06. The molecular formula is C17H22N2O2. The quantitative estimate of drug-likeness (QED) is 0.743. The van der Waals surface area contributed by atoms with Crippen molar-refractivity contribution in [3.05, 3.63) is 46.7 Å². The van der Waals surface area contributed by atoms with Crippen molar-refractivity contribution in [1.82, 2.24) is 10.2 Å². The van der Waals surface area contributed by atoms with Crippen LogP contribution in [0.5, 0.6) is 0 Å². The molecule has 1 fully saturated rings. The lowest BCUT2D eigenvalue weighted by atomic mass is 10.00. The van der Waals surface area contributed by atoms with Crippen LogP contribution in [0.4, 0.5) is 0 Å². The highest BCUT2D eigenvalue weighted by Gasteiger charge is 2.28. The number of allylic oxidation sites excluding steroid dienone is 5. The molecule has 3 aliphatic rings. The molecule has 0 aromatic heterocycles. The van der Waals surface area contributed by atoms with Crippen LogP contribution in [-0.2, 0) is 9.59 Å². The molecule has 2 heterocycles. The monoisotopic (exact) mass is 286 g/mol. The van der Waals surface area contributed by atoms with Gasteiger partial charge in [0, 0.05) is 12.6 Å². The van der Waals surface area contributed by atoms with Crippen LogP contribution in [0, 0.1) is 0 Å². The smallest absolute Gasteiger partial charge is 0.246 e. The molecule has 1 aliphatic carbocycles. The van der Waals surface area contributed by atoms with Gasteiger partial charge in [0.15, 0.2) is 0 Å². The number of amides is 2. The Bertz CT molecular complexity index is 580. The molecule has 0 aromatic carbocycles. The maximum atomic E-state index is 12.1. The van der Waals surface area contributed by atoms with E-state index in [1.54, 1.807) is 11.0 Å². The number of nitrogens with zero attached hydrogens (tertiary/aromatic N) is 1. The zero-order chi connectivity index (χ0) is 15.4. The molecule has 0 aromatic rings. The molecule has 0 saturated carbocycles. The number of rotatable bonds is 0. The third kappa shape index (κ3) is 3.15. The maximum Gasteiger partial charge on any atom is 0.246 e. The molecule has 21 heavy (non-hydrogen) atoms. The van der Waals surface area contributed by atoms with Crippen LogP contribution in [0.3, 0.4) is 0 Å². The van der Waals surface area contributed by atoms with Crippen molar-refractivity contribution >= 4 is 11.8 Å². The first-order valence-electron chi connectivity index (χ1n) is 7.51. The molecule has 2 amide bonds. The number of hydrogen-bond donors (Lipinski definition) is 1. The van der Waals surface area contributed by atoms with Crippen LogP contribution >= 0.6 is 0 Å². The molecule has 112 valence electrons. The first-order chi connectivity index (χ1) is 10.1. The zero-order valence-corrected chi connectivity index (χ0v) is 12.9. The van der Waals surface area contributed by atoms with Gasteiger partial charge in [-0.1, -0.05) is 43.2 Å². The molecule has 1 saturated heterocycles. The van der Waals surface area contributed by atoms with Gasteiger partial charge in [-0.3, -0.25) is 9.59 Å². The summed E-state index contributed by atoms with van der Waals surface area (Å²) in [4.78, 5) is 25.5. The summed E-state index contributed by atoms with van der Waals surface area (Å²) in [6, 6.07) is 0. The summed E-state index contributed by atoms with van der Waals surface area (Å²) in [6.45, 7) is 6.83. The van der Waals surface area contributed by atoms with Crippen molar-refractivity contribution < 1.29 is 9.59 Å². The lowest BCUT2D eigenvalue weighted by Crippen LogP contribution is -2.36. The van der Waals surface area contributed by atoms with Crippen molar-refractivity contribution in [3.8, 4) is 0 Å². The van der Waals surface area contributed by atoms with Crippen molar-refractivity contribution in [2.24, 2.45) is 0 Å². The molecule has 0 spiro atoms. The van der Waals surface area contributed by atoms with Gasteiger partial charge in [0.2, 0.25) is 11.8 Å². The first-order valence-corrected chi connectivity index (χ1v) is 7.51. The molecule has 4 nitrogen and oxygen atoms in total. The van der Waals surface area contributed by atoms with E-state index >= 15 is 0 Å². The van der Waals surface area contributed by atoms with Crippen LogP contribution in [0.15, 0.2) is 46.7 Å². The molecule has 2 aliphatic heterocycles. The van der Waals surface area contributed by atoms with Gasteiger partial charge >= 0.3 is 0 Å². The highest BCUT2D eigenvalue weighted by molar-refractivity contribution is 5.96. The van der Waals surface area contributed by atoms with E-state index in [0.717, 1.165) is 24.1 Å². The topological polar surface area (TPSA) is 49.4 Å². The van der Waals surface area contributed by atoms with Crippen molar-refractivity contribution in [2.45, 2.75) is 33.6 Å². The Labute approximate surface area is 125 Å². The van der Waals surface area contributed by atoms with Gasteiger partial charge in [-0.15, -0.1) is 0 Å². The van der Waals surface area contributed by atoms with Gasteiger partial charge in [-0.25, -0.2) is 0 Å². The summed E-state index contributed by atoms with van der Waals surface area (Å²) >= 11 is 0. The minimum Gasteiger partial charge on any atom is -0.343 e. The van der Waals surface area contributed by atoms with E-state index in [9.17, 15) is 9.59 Å². The molecule has 1 N–H and O–H groups in total. The number of nitrogens with one attached hydrogen (secondary N) is 1. The Morgan fingerprint density at radius 2 is 2.00 bits per heavy atom. The Hall–Kier alpha value is -2.10. The van der Waals surface area contributed by atoms with E-state index in [4.69, 9.17) is 0 Å². The Balaban J connectivity index is 0.000000774. The predicted molar refractivity (Wildman–Crippen MR) is 83.3 cm³/mol. The van der Waals surface area contributed by atoms with Crippen LogP contribution in [0.1, 0.15) is 33.6 Å². The summed E-state index contributed by atoms with van der Waals surface area (Å²) in [6.07, 6.45) is 9.33. The summed E-state index contributed by atoms with van der Waals surface area (Å²) in [5.74, 6) is -0.226. The molecule has 0 radical (unpaired) electrons. The van der Waals surface area contributed by atoms with E-state index < -0.39 is 0 Å². The van der Waals surface area contributed by atoms with E-state index in [1.165, 1.54) is 11.1 Å². The van der Waals surface area contributed by atoms with Crippen molar-refractivity contribution in [2.75, 3.05) is 13.1 Å². The number of hydrogen-bond acceptors (Lipinski definition) is 2. The maximum absolute atomic E-state index is 12.1. The molecule has 4 heteroatoms. The minimum atomic E-state index is -0.191. The Morgan fingerprint density at radius 3 is 2.76 bits per heavy atom. The summed E-state index contributed by atoms with van der Waals surface area (Å²) in [7, 11) is 0. The van der Waals surface area contributed by atoms with Crippen LogP contribution in [0.25, 0.3) is 0 Å². The van der Waals surface area contributed by atoms with Gasteiger partial charge in [0.25, 0.3) is 0 Å². The van der Waals surface area contributed by atoms with E-state index in [0.29, 0.717) is 6.54 Å². The van der Waals surface area contributed by atoms with Crippen molar-refractivity contribution in [3.63, 3.8) is 0 Å². The third-order valence-electron chi connectivity index (χ3n) is 3.84. The molecule has 0 atom stereocenters. The predicted octanol–water partition coefficient (Wildman–Crippen LogP) is 2.46. The Kier molecular flexibility index (Phi) is 4.78. The minimum absolute atomic E-state index is 0.0357. The lowest BCUT2D eigenvalue weighted by Gasteiger charge is -2.22. The highest BCUT2D eigenvalue weighted by Crippen LogP contribution is 2.33. The van der Waals surface area contributed by atoms with E-state index in [2.05, 4.69) is 18.3 Å². The number of carbonyl (C=O) groups excluding carboxylic acids is 2. The van der Waals surface area contributed by atoms with Gasteiger partial charge < -0.3 is 10.2 Å². The summed E-state index contributed by atoms with van der Waals surface area (Å²) < 4.78 is 0. The zero-order valence-electron chi connectivity index (χ0n) is 12.9. The molecule has 3 rings (SSSR count). The van der Waals surface area contributed by atoms with Gasteiger partial charge in [0.05, 0.1) is 12.2 Å². The standard InChI is InChI=1S/C15H16N2O2.C2H6/c1-10-3-2-4-12-7-11(10)5-6-17-13(12)8-14(18)16-9-15(17)19;1-2/h2-4,8H,5-7,9H2,1H3,(H,16,18);1-2H3. The van der Waals surface area contributed by atoms with E-state index in [-0.39, 0.29) is 18.4 Å². The average Bonchev–Trinajstić information content (AvgIpc) is 2.84. The van der Waals surface area contributed by atoms with Gasteiger partial charge in [-0.05, 0) is 25.3 Å². The number of fused-ring (bicyclic) bond motifs is 4. The second kappa shape index (κ2) is 6.57. The van der Waals surface area contributed by atoms with Gasteiger partial charge in [-0.2, -0.15) is 0 Å². The average molecular weight is 286 g/mol. The fourth-order valence-corrected chi connectivity index (χ4v) is 2.72. The van der Waals surface area contributed by atoms with Crippen LogP contribution in [-0.4, -0.2) is 29.8 Å². The van der Waals surface area contributed by atoms with Crippen molar-refractivity contribution in [1.29, 1.82) is 0 Å². The van der Waals surface area contributed by atoms with Crippen LogP contribution < -0.4 is 5.32 Å². The highest BCUT2D eigenvalue weighted by atomic mass is 16.2. The molecule has 2 bridgehead atoms. The Morgan fingerprint density at radius 1 is 1.24 bits per heavy atom. The fourth-order valence-electron chi connectivity index (χ4n) is 2.72. The van der Waals surface area contributed by atoms with E-state index in [1.807, 2.05) is 26.0 Å². The van der Waals surface area contributed by atoms with Gasteiger partial charge in [0.1, 0.15) is 0 Å². The number of carbonyl (C=O) groups is 2.